The van der Waals surface area contributed by atoms with Gasteiger partial charge in [-0.15, -0.1) is 0 Å². The van der Waals surface area contributed by atoms with E-state index in [1.165, 1.54) is 11.3 Å². The monoisotopic (exact) mass is 314 g/mol. The topological polar surface area (TPSA) is 30.9 Å². The Morgan fingerprint density at radius 3 is 2.55 bits per heavy atom. The molecule has 116 valence electrons. The van der Waals surface area contributed by atoms with Gasteiger partial charge < -0.3 is 15.1 Å². The summed E-state index contributed by atoms with van der Waals surface area (Å²) in [6, 6.07) is 12.8. The largest absolute Gasteiger partial charge is 0.368 e. The van der Waals surface area contributed by atoms with E-state index in [1.54, 1.807) is 11.3 Å². The van der Waals surface area contributed by atoms with Crippen LogP contribution >= 0.6 is 11.3 Å². The van der Waals surface area contributed by atoms with Crippen molar-refractivity contribution >= 4 is 23.0 Å². The van der Waals surface area contributed by atoms with Crippen molar-refractivity contribution in [1.82, 2.24) is 10.2 Å². The van der Waals surface area contributed by atoms with Gasteiger partial charge in [0, 0.05) is 45.5 Å². The van der Waals surface area contributed by atoms with E-state index in [2.05, 4.69) is 67.3 Å². The van der Waals surface area contributed by atoms with Gasteiger partial charge in [0.1, 0.15) is 0 Å². The van der Waals surface area contributed by atoms with E-state index in [-0.39, 0.29) is 0 Å². The van der Waals surface area contributed by atoms with Gasteiger partial charge in [0.05, 0.1) is 0 Å². The van der Waals surface area contributed by atoms with E-state index in [9.17, 15) is 0 Å². The molecule has 0 atom stereocenters. The standard InChI is InChI=1S/C17H22N4S/c1-18-17(19-13-15-7-12-22-14-15)21-10-8-20(9-11-21)16-5-3-2-4-6-16/h2-7,12,14H,8-11,13H2,1H3,(H,18,19). The van der Waals surface area contributed by atoms with Gasteiger partial charge in [0.25, 0.3) is 0 Å². The fourth-order valence-corrected chi connectivity index (χ4v) is 3.39. The van der Waals surface area contributed by atoms with E-state index < -0.39 is 0 Å². The first kappa shape index (κ1) is 14.9. The Balaban J connectivity index is 1.53. The Kier molecular flexibility index (Phi) is 4.96. The number of aliphatic imine (C=N–C) groups is 1. The SMILES string of the molecule is CN=C(NCc1ccsc1)N1CCN(c2ccccc2)CC1. The van der Waals surface area contributed by atoms with Gasteiger partial charge in [-0.05, 0) is 34.5 Å². The van der Waals surface area contributed by atoms with Crippen molar-refractivity contribution in [2.45, 2.75) is 6.54 Å². The van der Waals surface area contributed by atoms with Crippen LogP contribution in [0.3, 0.4) is 0 Å². The lowest BCUT2D eigenvalue weighted by Gasteiger charge is -2.37. The maximum absolute atomic E-state index is 4.43. The van der Waals surface area contributed by atoms with Gasteiger partial charge in [-0.25, -0.2) is 0 Å². The van der Waals surface area contributed by atoms with Crippen LogP contribution in [0.2, 0.25) is 0 Å². The molecule has 2 heterocycles. The third-order valence-corrected chi connectivity index (χ3v) is 4.68. The molecule has 1 aliphatic rings. The Morgan fingerprint density at radius 2 is 1.91 bits per heavy atom. The normalized spacial score (nSPS) is 16.0. The van der Waals surface area contributed by atoms with Crippen LogP contribution in [0.25, 0.3) is 0 Å². The molecule has 1 aromatic heterocycles. The first-order valence-corrected chi connectivity index (χ1v) is 8.58. The lowest BCUT2D eigenvalue weighted by molar-refractivity contribution is 0.372. The van der Waals surface area contributed by atoms with E-state index in [0.717, 1.165) is 38.7 Å². The molecule has 1 aromatic carbocycles. The zero-order chi connectivity index (χ0) is 15.2. The van der Waals surface area contributed by atoms with Crippen LogP contribution in [-0.2, 0) is 6.54 Å². The summed E-state index contributed by atoms with van der Waals surface area (Å²) in [6.07, 6.45) is 0. The predicted octanol–water partition coefficient (Wildman–Crippen LogP) is 2.65. The first-order chi connectivity index (χ1) is 10.9. The summed E-state index contributed by atoms with van der Waals surface area (Å²) in [4.78, 5) is 9.20. The molecular formula is C17H22N4S. The van der Waals surface area contributed by atoms with Gasteiger partial charge in [-0.3, -0.25) is 4.99 Å². The highest BCUT2D eigenvalue weighted by molar-refractivity contribution is 7.07. The number of rotatable bonds is 3. The third kappa shape index (κ3) is 3.60. The Labute approximate surface area is 136 Å². The second-order valence-electron chi connectivity index (χ2n) is 5.34. The van der Waals surface area contributed by atoms with Crippen molar-refractivity contribution in [3.63, 3.8) is 0 Å². The minimum atomic E-state index is 0.842. The van der Waals surface area contributed by atoms with Gasteiger partial charge in [0.2, 0.25) is 0 Å². The van der Waals surface area contributed by atoms with E-state index in [0.29, 0.717) is 0 Å². The number of benzene rings is 1. The van der Waals surface area contributed by atoms with Gasteiger partial charge in [-0.2, -0.15) is 11.3 Å². The molecule has 0 spiro atoms. The number of guanidine groups is 1. The lowest BCUT2D eigenvalue weighted by atomic mass is 10.2. The maximum atomic E-state index is 4.43. The molecule has 0 saturated carbocycles. The fraction of sp³-hybridized carbons (Fsp3) is 0.353. The molecule has 0 bridgehead atoms. The van der Waals surface area contributed by atoms with Gasteiger partial charge in [0.15, 0.2) is 5.96 Å². The number of hydrogen-bond acceptors (Lipinski definition) is 3. The summed E-state index contributed by atoms with van der Waals surface area (Å²) in [6.45, 7) is 4.90. The van der Waals surface area contributed by atoms with E-state index >= 15 is 0 Å². The molecule has 3 rings (SSSR count). The molecular weight excluding hydrogens is 292 g/mol. The minimum absolute atomic E-state index is 0.842. The number of nitrogens with zero attached hydrogens (tertiary/aromatic N) is 3. The summed E-state index contributed by atoms with van der Waals surface area (Å²) >= 11 is 1.73. The molecule has 1 fully saturated rings. The summed E-state index contributed by atoms with van der Waals surface area (Å²) in [5, 5.41) is 7.74. The summed E-state index contributed by atoms with van der Waals surface area (Å²) in [7, 11) is 1.86. The zero-order valence-electron chi connectivity index (χ0n) is 12.9. The second-order valence-corrected chi connectivity index (χ2v) is 6.12. The number of para-hydroxylation sites is 1. The van der Waals surface area contributed by atoms with Crippen LogP contribution < -0.4 is 10.2 Å². The summed E-state index contributed by atoms with van der Waals surface area (Å²) in [5.74, 6) is 0.999. The minimum Gasteiger partial charge on any atom is -0.368 e. The fourth-order valence-electron chi connectivity index (χ4n) is 2.72. The molecule has 0 aliphatic carbocycles. The molecule has 2 aromatic rings. The summed E-state index contributed by atoms with van der Waals surface area (Å²) < 4.78 is 0. The number of nitrogens with one attached hydrogen (secondary N) is 1. The molecule has 0 unspecified atom stereocenters. The molecule has 0 amide bonds. The molecule has 1 saturated heterocycles. The highest BCUT2D eigenvalue weighted by Crippen LogP contribution is 2.15. The molecule has 5 heteroatoms. The maximum Gasteiger partial charge on any atom is 0.194 e. The van der Waals surface area contributed by atoms with Gasteiger partial charge in [-0.1, -0.05) is 18.2 Å². The smallest absolute Gasteiger partial charge is 0.194 e. The van der Waals surface area contributed by atoms with Crippen LogP contribution in [0.5, 0.6) is 0 Å². The Hall–Kier alpha value is -2.01. The lowest BCUT2D eigenvalue weighted by Crippen LogP contribution is -2.52. The van der Waals surface area contributed by atoms with Crippen LogP contribution in [-0.4, -0.2) is 44.1 Å². The Morgan fingerprint density at radius 1 is 1.14 bits per heavy atom. The number of thiophene rings is 1. The molecule has 22 heavy (non-hydrogen) atoms. The quantitative estimate of drug-likeness (QED) is 0.698. The van der Waals surface area contributed by atoms with Gasteiger partial charge >= 0.3 is 0 Å². The second kappa shape index (κ2) is 7.31. The summed E-state index contributed by atoms with van der Waals surface area (Å²) in [5.41, 5.74) is 2.62. The van der Waals surface area contributed by atoms with E-state index in [4.69, 9.17) is 0 Å². The average Bonchev–Trinajstić information content (AvgIpc) is 3.10. The predicted molar refractivity (Wildman–Crippen MR) is 94.7 cm³/mol. The number of piperazine rings is 1. The van der Waals surface area contributed by atoms with Crippen molar-refractivity contribution < 1.29 is 0 Å². The molecule has 4 nitrogen and oxygen atoms in total. The number of anilines is 1. The van der Waals surface area contributed by atoms with Crippen molar-refractivity contribution in [1.29, 1.82) is 0 Å². The van der Waals surface area contributed by atoms with Crippen molar-refractivity contribution in [3.8, 4) is 0 Å². The van der Waals surface area contributed by atoms with Crippen LogP contribution in [0.4, 0.5) is 5.69 Å². The third-order valence-electron chi connectivity index (χ3n) is 3.94. The van der Waals surface area contributed by atoms with Crippen molar-refractivity contribution in [3.05, 3.63) is 52.7 Å². The van der Waals surface area contributed by atoms with Crippen LogP contribution in [0.1, 0.15) is 5.56 Å². The van der Waals surface area contributed by atoms with E-state index in [1.807, 2.05) is 7.05 Å². The number of hydrogen-bond donors (Lipinski definition) is 1. The zero-order valence-corrected chi connectivity index (χ0v) is 13.7. The molecule has 1 aliphatic heterocycles. The van der Waals surface area contributed by atoms with Crippen molar-refractivity contribution in [2.75, 3.05) is 38.1 Å². The molecule has 0 radical (unpaired) electrons. The van der Waals surface area contributed by atoms with Crippen LogP contribution in [0.15, 0.2) is 52.2 Å². The first-order valence-electron chi connectivity index (χ1n) is 7.63. The van der Waals surface area contributed by atoms with Crippen LogP contribution in [0, 0.1) is 0 Å². The highest BCUT2D eigenvalue weighted by Gasteiger charge is 2.19. The average molecular weight is 314 g/mol. The highest BCUT2D eigenvalue weighted by atomic mass is 32.1. The van der Waals surface area contributed by atoms with Crippen molar-refractivity contribution in [2.24, 2.45) is 4.99 Å². The molecule has 1 N–H and O–H groups in total. The Bertz CT molecular complexity index is 586.